The van der Waals surface area contributed by atoms with Crippen molar-refractivity contribution in [1.82, 2.24) is 4.90 Å². The molecule has 1 aliphatic heterocycles. The van der Waals surface area contributed by atoms with Crippen LogP contribution in [0.5, 0.6) is 0 Å². The molecule has 1 amide bonds. The molecule has 26 heavy (non-hydrogen) atoms. The van der Waals surface area contributed by atoms with Crippen molar-refractivity contribution >= 4 is 11.9 Å². The molecule has 2 fully saturated rings. The number of benzene rings is 1. The molecule has 1 N–H and O–H groups in total. The number of piperidine rings is 1. The van der Waals surface area contributed by atoms with E-state index >= 15 is 0 Å². The molecule has 0 spiro atoms. The van der Waals surface area contributed by atoms with E-state index in [-0.39, 0.29) is 18.2 Å². The Balaban J connectivity index is 1.55. The van der Waals surface area contributed by atoms with E-state index in [1.807, 2.05) is 0 Å². The second kappa shape index (κ2) is 6.93. The second-order valence-electron chi connectivity index (χ2n) is 7.39. The minimum atomic E-state index is -4.34. The number of carbonyl (C=O) groups is 2. The van der Waals surface area contributed by atoms with Crippen molar-refractivity contribution in [3.63, 3.8) is 0 Å². The average Bonchev–Trinajstić information content (AvgIpc) is 2.57. The van der Waals surface area contributed by atoms with Gasteiger partial charge in [-0.25, -0.2) is 0 Å². The lowest BCUT2D eigenvalue weighted by molar-refractivity contribution is -0.159. The topological polar surface area (TPSA) is 57.6 Å². The maximum atomic E-state index is 12.6. The molecule has 1 aromatic rings. The number of rotatable bonds is 4. The van der Waals surface area contributed by atoms with Gasteiger partial charge in [0.25, 0.3) is 0 Å². The quantitative estimate of drug-likeness (QED) is 0.871. The van der Waals surface area contributed by atoms with Gasteiger partial charge in [0.15, 0.2) is 0 Å². The SMILES string of the molecule is O=C(CC1(C(=O)O)CCC1)N1CCC(c2ccc(C(F)(F)F)cc2)CC1. The molecule has 0 radical (unpaired) electrons. The van der Waals surface area contributed by atoms with Gasteiger partial charge in [0.2, 0.25) is 5.91 Å². The van der Waals surface area contributed by atoms with Gasteiger partial charge in [0.1, 0.15) is 0 Å². The van der Waals surface area contributed by atoms with Crippen LogP contribution in [0.1, 0.15) is 55.6 Å². The Hall–Kier alpha value is -2.05. The third-order valence-electron chi connectivity index (χ3n) is 5.81. The first kappa shape index (κ1) is 18.7. The molecule has 3 rings (SSSR count). The van der Waals surface area contributed by atoms with Crippen LogP contribution in [0.3, 0.4) is 0 Å². The van der Waals surface area contributed by atoms with Crippen LogP contribution in [0, 0.1) is 5.41 Å². The standard InChI is InChI=1S/C19H22F3NO3/c20-19(21,22)15-4-2-13(3-5-15)14-6-10-23(11-7-14)16(24)12-18(17(25)26)8-1-9-18/h2-5,14H,1,6-12H2,(H,25,26). The monoisotopic (exact) mass is 369 g/mol. The number of hydrogen-bond acceptors (Lipinski definition) is 2. The molecular weight excluding hydrogens is 347 g/mol. The number of carboxylic acid groups (broad SMARTS) is 1. The van der Waals surface area contributed by atoms with Gasteiger partial charge in [0.05, 0.1) is 11.0 Å². The summed E-state index contributed by atoms with van der Waals surface area (Å²) in [5.41, 5.74) is -0.694. The number of carbonyl (C=O) groups excluding carboxylic acids is 1. The van der Waals surface area contributed by atoms with Gasteiger partial charge in [-0.2, -0.15) is 13.2 Å². The highest BCUT2D eigenvalue weighted by molar-refractivity contribution is 5.85. The van der Waals surface area contributed by atoms with E-state index in [9.17, 15) is 27.9 Å². The van der Waals surface area contributed by atoms with E-state index in [0.29, 0.717) is 38.8 Å². The van der Waals surface area contributed by atoms with Crippen LogP contribution in [-0.4, -0.2) is 35.0 Å². The molecule has 0 aromatic heterocycles. The van der Waals surface area contributed by atoms with Crippen LogP contribution >= 0.6 is 0 Å². The molecule has 1 saturated carbocycles. The van der Waals surface area contributed by atoms with E-state index in [1.165, 1.54) is 12.1 Å². The zero-order valence-electron chi connectivity index (χ0n) is 14.4. The second-order valence-corrected chi connectivity index (χ2v) is 7.39. The summed E-state index contributed by atoms with van der Waals surface area (Å²) in [6, 6.07) is 5.22. The van der Waals surface area contributed by atoms with Crippen molar-refractivity contribution in [2.75, 3.05) is 13.1 Å². The number of hydrogen-bond donors (Lipinski definition) is 1. The predicted molar refractivity (Wildman–Crippen MR) is 88.5 cm³/mol. The van der Waals surface area contributed by atoms with Gasteiger partial charge in [0, 0.05) is 19.5 Å². The zero-order chi connectivity index (χ0) is 18.9. The molecule has 1 aromatic carbocycles. The fourth-order valence-electron chi connectivity index (χ4n) is 3.88. The molecule has 0 atom stereocenters. The first-order valence-corrected chi connectivity index (χ1v) is 8.90. The molecule has 1 saturated heterocycles. The maximum Gasteiger partial charge on any atom is 0.416 e. The number of amides is 1. The lowest BCUT2D eigenvalue weighted by Crippen LogP contribution is -2.45. The first-order chi connectivity index (χ1) is 12.2. The summed E-state index contributed by atoms with van der Waals surface area (Å²) in [4.78, 5) is 25.6. The van der Waals surface area contributed by atoms with Crippen molar-refractivity contribution < 1.29 is 27.9 Å². The summed E-state index contributed by atoms with van der Waals surface area (Å²) in [6.07, 6.45) is -0.987. The molecule has 0 bridgehead atoms. The first-order valence-electron chi connectivity index (χ1n) is 8.90. The van der Waals surface area contributed by atoms with Gasteiger partial charge in [-0.1, -0.05) is 18.6 Å². The molecule has 0 unspecified atom stereocenters. The summed E-state index contributed by atoms with van der Waals surface area (Å²) >= 11 is 0. The lowest BCUT2D eigenvalue weighted by atomic mass is 9.66. The van der Waals surface area contributed by atoms with Crippen LogP contribution in [0.15, 0.2) is 24.3 Å². The number of aliphatic carboxylic acids is 1. The Morgan fingerprint density at radius 2 is 1.69 bits per heavy atom. The predicted octanol–water partition coefficient (Wildman–Crippen LogP) is 4.06. The number of alkyl halides is 3. The average molecular weight is 369 g/mol. The van der Waals surface area contributed by atoms with E-state index < -0.39 is 23.1 Å². The highest BCUT2D eigenvalue weighted by Gasteiger charge is 2.46. The third-order valence-corrected chi connectivity index (χ3v) is 5.81. The number of halogens is 3. The van der Waals surface area contributed by atoms with Crippen molar-refractivity contribution in [1.29, 1.82) is 0 Å². The molecule has 4 nitrogen and oxygen atoms in total. The number of likely N-dealkylation sites (tertiary alicyclic amines) is 1. The normalized spacial score (nSPS) is 20.5. The van der Waals surface area contributed by atoms with Gasteiger partial charge < -0.3 is 10.0 Å². The van der Waals surface area contributed by atoms with E-state index in [4.69, 9.17) is 0 Å². The summed E-state index contributed by atoms with van der Waals surface area (Å²) in [7, 11) is 0. The van der Waals surface area contributed by atoms with E-state index in [2.05, 4.69) is 0 Å². The van der Waals surface area contributed by atoms with Gasteiger partial charge in [-0.15, -0.1) is 0 Å². The highest BCUT2D eigenvalue weighted by Crippen LogP contribution is 2.45. The Bertz CT molecular complexity index is 672. The third kappa shape index (κ3) is 3.71. The van der Waals surface area contributed by atoms with Crippen LogP contribution in [0.25, 0.3) is 0 Å². The van der Waals surface area contributed by atoms with Crippen molar-refractivity contribution in [2.24, 2.45) is 5.41 Å². The Labute approximate surface area is 150 Å². The van der Waals surface area contributed by atoms with Gasteiger partial charge in [-0.05, 0) is 49.3 Å². The van der Waals surface area contributed by atoms with Crippen molar-refractivity contribution in [2.45, 2.75) is 50.6 Å². The van der Waals surface area contributed by atoms with E-state index in [1.54, 1.807) is 4.90 Å². The summed E-state index contributed by atoms with van der Waals surface area (Å²) in [5, 5.41) is 9.35. The molecule has 1 heterocycles. The fourth-order valence-corrected chi connectivity index (χ4v) is 3.88. The lowest BCUT2D eigenvalue weighted by Gasteiger charge is -2.40. The summed E-state index contributed by atoms with van der Waals surface area (Å²) < 4.78 is 37.9. The fraction of sp³-hybridized carbons (Fsp3) is 0.579. The van der Waals surface area contributed by atoms with Crippen LogP contribution < -0.4 is 0 Å². The molecule has 7 heteroatoms. The summed E-state index contributed by atoms with van der Waals surface area (Å²) in [6.45, 7) is 1.03. The number of carboxylic acids is 1. The molecule has 2 aliphatic rings. The Morgan fingerprint density at radius 1 is 1.12 bits per heavy atom. The van der Waals surface area contributed by atoms with Gasteiger partial charge >= 0.3 is 12.1 Å². The van der Waals surface area contributed by atoms with Crippen molar-refractivity contribution in [3.8, 4) is 0 Å². The van der Waals surface area contributed by atoms with Crippen LogP contribution in [0.4, 0.5) is 13.2 Å². The van der Waals surface area contributed by atoms with Crippen molar-refractivity contribution in [3.05, 3.63) is 35.4 Å². The highest BCUT2D eigenvalue weighted by atomic mass is 19.4. The smallest absolute Gasteiger partial charge is 0.416 e. The molecular formula is C19H22F3NO3. The Kier molecular flexibility index (Phi) is 4.99. The Morgan fingerprint density at radius 3 is 2.12 bits per heavy atom. The summed E-state index contributed by atoms with van der Waals surface area (Å²) in [5.74, 6) is -0.895. The zero-order valence-corrected chi connectivity index (χ0v) is 14.4. The minimum Gasteiger partial charge on any atom is -0.481 e. The molecule has 1 aliphatic carbocycles. The van der Waals surface area contributed by atoms with Crippen LogP contribution in [0.2, 0.25) is 0 Å². The van der Waals surface area contributed by atoms with E-state index in [0.717, 1.165) is 24.1 Å². The maximum absolute atomic E-state index is 12.6. The molecule has 142 valence electrons. The van der Waals surface area contributed by atoms with Gasteiger partial charge in [-0.3, -0.25) is 9.59 Å². The largest absolute Gasteiger partial charge is 0.481 e. The van der Waals surface area contributed by atoms with Crippen LogP contribution in [-0.2, 0) is 15.8 Å². The number of nitrogens with zero attached hydrogens (tertiary/aromatic N) is 1. The minimum absolute atomic E-state index is 0.0489.